The average molecular weight is 492 g/mol. The Labute approximate surface area is 205 Å². The third-order valence-corrected chi connectivity index (χ3v) is 10.1. The molecule has 1 aromatic rings. The molecular formula is C27H36F3N3O2. The monoisotopic (exact) mass is 491 g/mol. The van der Waals surface area contributed by atoms with Crippen LogP contribution in [-0.2, 0) is 11.0 Å². The summed E-state index contributed by atoms with van der Waals surface area (Å²) in [5.74, 6) is 0.941. The SMILES string of the molecule is CC1=C2C(C)C(O)NC[C@]2(C)[C@@H]2CC[C@]3(C)C(C(=O)Nc4cc(C(F)(F)F)ccn4)CC[C@H]3[C@@H]2C1. The highest BCUT2D eigenvalue weighted by atomic mass is 19.4. The number of halogens is 3. The number of anilines is 1. The van der Waals surface area contributed by atoms with Crippen LogP contribution in [0.4, 0.5) is 19.0 Å². The van der Waals surface area contributed by atoms with Crippen molar-refractivity contribution in [1.82, 2.24) is 10.3 Å². The van der Waals surface area contributed by atoms with E-state index in [2.05, 4.69) is 43.3 Å². The molecule has 3 unspecified atom stereocenters. The molecule has 5 nitrogen and oxygen atoms in total. The summed E-state index contributed by atoms with van der Waals surface area (Å²) in [6.07, 6.45) is 0.735. The minimum absolute atomic E-state index is 0.00469. The van der Waals surface area contributed by atoms with Crippen LogP contribution in [0.3, 0.4) is 0 Å². The fourth-order valence-corrected chi connectivity index (χ4v) is 8.62. The van der Waals surface area contributed by atoms with Gasteiger partial charge in [-0.1, -0.05) is 31.9 Å². The molecule has 1 aliphatic heterocycles. The molecule has 0 bridgehead atoms. The summed E-state index contributed by atoms with van der Waals surface area (Å²) >= 11 is 0. The molecule has 2 heterocycles. The summed E-state index contributed by atoms with van der Waals surface area (Å²) in [6.45, 7) is 9.65. The predicted molar refractivity (Wildman–Crippen MR) is 127 cm³/mol. The zero-order valence-electron chi connectivity index (χ0n) is 20.9. The Kier molecular flexibility index (Phi) is 5.87. The number of aliphatic hydroxyl groups excluding tert-OH is 1. The molecule has 35 heavy (non-hydrogen) atoms. The van der Waals surface area contributed by atoms with Crippen LogP contribution in [0.15, 0.2) is 29.5 Å². The van der Waals surface area contributed by atoms with Gasteiger partial charge < -0.3 is 10.4 Å². The maximum Gasteiger partial charge on any atom is 0.416 e. The molecule has 0 spiro atoms. The van der Waals surface area contributed by atoms with Crippen LogP contribution < -0.4 is 10.6 Å². The van der Waals surface area contributed by atoms with Crippen molar-refractivity contribution in [3.8, 4) is 0 Å². The smallest absolute Gasteiger partial charge is 0.378 e. The maximum atomic E-state index is 13.4. The van der Waals surface area contributed by atoms with Crippen molar-refractivity contribution >= 4 is 11.7 Å². The van der Waals surface area contributed by atoms with Gasteiger partial charge in [0.15, 0.2) is 0 Å². The normalized spacial score (nSPS) is 41.1. The second-order valence-corrected chi connectivity index (χ2v) is 11.9. The van der Waals surface area contributed by atoms with Crippen molar-refractivity contribution in [2.24, 2.45) is 40.4 Å². The molecule has 192 valence electrons. The Morgan fingerprint density at radius 1 is 1.23 bits per heavy atom. The number of aliphatic hydroxyl groups is 1. The van der Waals surface area contributed by atoms with E-state index < -0.39 is 18.0 Å². The van der Waals surface area contributed by atoms with Crippen molar-refractivity contribution in [1.29, 1.82) is 0 Å². The van der Waals surface area contributed by atoms with Crippen LogP contribution in [0.1, 0.15) is 65.4 Å². The van der Waals surface area contributed by atoms with Gasteiger partial charge in [-0.3, -0.25) is 10.1 Å². The maximum absolute atomic E-state index is 13.4. The van der Waals surface area contributed by atoms with Gasteiger partial charge in [-0.15, -0.1) is 0 Å². The Hall–Kier alpha value is -1.93. The van der Waals surface area contributed by atoms with Gasteiger partial charge in [-0.2, -0.15) is 13.2 Å². The molecule has 5 rings (SSSR count). The van der Waals surface area contributed by atoms with Crippen molar-refractivity contribution in [3.05, 3.63) is 35.0 Å². The Bertz CT molecular complexity index is 1060. The molecule has 0 radical (unpaired) electrons. The lowest BCUT2D eigenvalue weighted by Gasteiger charge is -2.60. The summed E-state index contributed by atoms with van der Waals surface area (Å²) in [4.78, 5) is 17.3. The molecule has 1 amide bonds. The molecule has 4 aliphatic rings. The van der Waals surface area contributed by atoms with Gasteiger partial charge in [0.1, 0.15) is 12.0 Å². The van der Waals surface area contributed by atoms with Crippen molar-refractivity contribution < 1.29 is 23.1 Å². The van der Waals surface area contributed by atoms with Crippen LogP contribution in [0.5, 0.6) is 0 Å². The fourth-order valence-electron chi connectivity index (χ4n) is 8.62. The van der Waals surface area contributed by atoms with Crippen molar-refractivity contribution in [2.75, 3.05) is 11.9 Å². The number of allylic oxidation sites excluding steroid dienone is 1. The summed E-state index contributed by atoms with van der Waals surface area (Å²) in [7, 11) is 0. The molecule has 0 aromatic carbocycles. The first-order chi connectivity index (χ1) is 16.4. The Morgan fingerprint density at radius 2 is 1.97 bits per heavy atom. The quantitative estimate of drug-likeness (QED) is 0.486. The predicted octanol–water partition coefficient (Wildman–Crippen LogP) is 5.38. The number of carbonyl (C=O) groups is 1. The van der Waals surface area contributed by atoms with Gasteiger partial charge in [0.05, 0.1) is 5.56 Å². The van der Waals surface area contributed by atoms with Crippen LogP contribution in [0.25, 0.3) is 0 Å². The number of hydrogen-bond donors (Lipinski definition) is 3. The number of carbonyl (C=O) groups excluding carboxylic acids is 1. The van der Waals surface area contributed by atoms with E-state index in [-0.39, 0.29) is 34.4 Å². The molecule has 8 heteroatoms. The number of rotatable bonds is 2. The highest BCUT2D eigenvalue weighted by Crippen LogP contribution is 2.66. The van der Waals surface area contributed by atoms with E-state index in [9.17, 15) is 23.1 Å². The Morgan fingerprint density at radius 3 is 2.69 bits per heavy atom. The summed E-state index contributed by atoms with van der Waals surface area (Å²) in [5, 5.41) is 16.5. The van der Waals surface area contributed by atoms with E-state index >= 15 is 0 Å². The number of alkyl halides is 3. The molecule has 8 atom stereocenters. The second kappa shape index (κ2) is 8.30. The second-order valence-electron chi connectivity index (χ2n) is 11.9. The summed E-state index contributed by atoms with van der Waals surface area (Å²) < 4.78 is 39.3. The van der Waals surface area contributed by atoms with Crippen molar-refractivity contribution in [3.63, 3.8) is 0 Å². The minimum Gasteiger partial charge on any atom is -0.378 e. The standard InChI is InChI=1S/C27H36F3N3O2/c1-14-11-17-18-5-6-20(24(35)33-21-12-16(8-10-31-21)27(28,29)30)25(18,3)9-7-19(17)26(4)13-32-23(34)15(2)22(14)26/h8,10,12,15,17-20,23,32,34H,5-7,9,11,13H2,1-4H3,(H,31,33,35)/t15?,17-,18-,19+,20?,23?,25-,26+/m0/s1. The first kappa shape index (κ1) is 24.8. The minimum atomic E-state index is -4.48. The van der Waals surface area contributed by atoms with Crippen molar-refractivity contribution in [2.45, 2.75) is 72.2 Å². The number of pyridine rings is 1. The van der Waals surface area contributed by atoms with Crippen LogP contribution in [0, 0.1) is 40.4 Å². The molecular weight excluding hydrogens is 455 g/mol. The lowest BCUT2D eigenvalue weighted by molar-refractivity contribution is -0.137. The van der Waals surface area contributed by atoms with E-state index in [1.165, 1.54) is 11.1 Å². The topological polar surface area (TPSA) is 74.2 Å². The average Bonchev–Trinajstić information content (AvgIpc) is 3.14. The summed E-state index contributed by atoms with van der Waals surface area (Å²) in [5.41, 5.74) is 1.79. The molecule has 2 saturated carbocycles. The summed E-state index contributed by atoms with van der Waals surface area (Å²) in [6, 6.07) is 1.82. The van der Waals surface area contributed by atoms with Crippen LogP contribution >= 0.6 is 0 Å². The van der Waals surface area contributed by atoms with E-state index in [1.54, 1.807) is 0 Å². The number of nitrogens with one attached hydrogen (secondary N) is 2. The van der Waals surface area contributed by atoms with E-state index in [1.807, 2.05) is 0 Å². The van der Waals surface area contributed by atoms with E-state index in [0.717, 1.165) is 57.0 Å². The highest BCUT2D eigenvalue weighted by Gasteiger charge is 2.61. The molecule has 3 N–H and O–H groups in total. The third-order valence-electron chi connectivity index (χ3n) is 10.1. The zero-order valence-corrected chi connectivity index (χ0v) is 20.9. The van der Waals surface area contributed by atoms with Crippen LogP contribution in [-0.4, -0.2) is 28.8 Å². The number of nitrogens with zero attached hydrogens (tertiary/aromatic N) is 1. The first-order valence-corrected chi connectivity index (χ1v) is 12.8. The molecule has 1 saturated heterocycles. The van der Waals surface area contributed by atoms with Gasteiger partial charge in [-0.05, 0) is 74.3 Å². The number of aromatic nitrogens is 1. The van der Waals surface area contributed by atoms with Gasteiger partial charge in [-0.25, -0.2) is 4.98 Å². The van der Waals surface area contributed by atoms with Gasteiger partial charge in [0, 0.05) is 30.0 Å². The van der Waals surface area contributed by atoms with Gasteiger partial charge in [0.25, 0.3) is 0 Å². The largest absolute Gasteiger partial charge is 0.416 e. The lowest BCUT2D eigenvalue weighted by Crippen LogP contribution is -2.59. The number of piperidine rings is 1. The van der Waals surface area contributed by atoms with Crippen LogP contribution in [0.2, 0.25) is 0 Å². The molecule has 3 aliphatic carbocycles. The first-order valence-electron chi connectivity index (χ1n) is 12.8. The molecule has 1 aromatic heterocycles. The lowest BCUT2D eigenvalue weighted by atomic mass is 9.47. The van der Waals surface area contributed by atoms with Gasteiger partial charge >= 0.3 is 6.18 Å². The van der Waals surface area contributed by atoms with E-state index in [4.69, 9.17) is 0 Å². The number of hydrogen-bond acceptors (Lipinski definition) is 4. The highest BCUT2D eigenvalue weighted by molar-refractivity contribution is 5.92. The third kappa shape index (κ3) is 3.82. The Balaban J connectivity index is 1.38. The fraction of sp³-hybridized carbons (Fsp3) is 0.704. The van der Waals surface area contributed by atoms with E-state index in [0.29, 0.717) is 17.8 Å². The zero-order chi connectivity index (χ0) is 25.3. The molecule has 3 fully saturated rings. The van der Waals surface area contributed by atoms with Gasteiger partial charge in [0.2, 0.25) is 5.91 Å². The number of fused-ring (bicyclic) bond motifs is 5. The number of amides is 1.